The Hall–Kier alpha value is -1.02. The van der Waals surface area contributed by atoms with Gasteiger partial charge in [0.1, 0.15) is 0 Å². The molecule has 0 aliphatic heterocycles. The predicted molar refractivity (Wildman–Crippen MR) is 80.3 cm³/mol. The van der Waals surface area contributed by atoms with E-state index >= 15 is 0 Å². The minimum Gasteiger partial charge on any atom is -0.392 e. The zero-order valence-corrected chi connectivity index (χ0v) is 13.6. The summed E-state index contributed by atoms with van der Waals surface area (Å²) in [4.78, 5) is 3.97. The second-order valence-corrected chi connectivity index (χ2v) is 6.58. The number of ether oxygens (including phenoxy) is 1. The average Bonchev–Trinajstić information content (AvgIpc) is 2.51. The third-order valence-corrected chi connectivity index (χ3v) is 5.29. The molecular formula is C14H24N2O4S. The van der Waals surface area contributed by atoms with Gasteiger partial charge in [0.05, 0.1) is 13.2 Å². The van der Waals surface area contributed by atoms with Gasteiger partial charge in [0.15, 0.2) is 5.03 Å². The first kappa shape index (κ1) is 18.0. The van der Waals surface area contributed by atoms with Crippen LogP contribution in [0.4, 0.5) is 0 Å². The number of aromatic nitrogens is 1. The number of aliphatic hydroxyl groups excluding tert-OH is 1. The maximum absolute atomic E-state index is 12.7. The second-order valence-electron chi connectivity index (χ2n) is 4.74. The van der Waals surface area contributed by atoms with Crippen LogP contribution in [0.1, 0.15) is 32.3 Å². The molecule has 0 radical (unpaired) electrons. The van der Waals surface area contributed by atoms with Gasteiger partial charge in [0.25, 0.3) is 10.0 Å². The number of hydrogen-bond acceptors (Lipinski definition) is 5. The van der Waals surface area contributed by atoms with Crippen molar-refractivity contribution in [2.45, 2.75) is 44.4 Å². The topological polar surface area (TPSA) is 79.7 Å². The lowest BCUT2D eigenvalue weighted by Crippen LogP contribution is -2.42. The monoisotopic (exact) mass is 316 g/mol. The lowest BCUT2D eigenvalue weighted by molar-refractivity contribution is 0.163. The van der Waals surface area contributed by atoms with E-state index in [-0.39, 0.29) is 17.7 Å². The van der Waals surface area contributed by atoms with Crippen molar-refractivity contribution < 1.29 is 18.3 Å². The van der Waals surface area contributed by atoms with Crippen LogP contribution in [0.5, 0.6) is 0 Å². The quantitative estimate of drug-likeness (QED) is 0.745. The first-order chi connectivity index (χ1) is 10.0. The first-order valence-electron chi connectivity index (χ1n) is 7.07. The number of methoxy groups -OCH3 is 1. The number of rotatable bonds is 9. The fourth-order valence-corrected chi connectivity index (χ4v) is 3.83. The molecule has 0 bridgehead atoms. The maximum atomic E-state index is 12.7. The molecule has 0 fully saturated rings. The van der Waals surface area contributed by atoms with Crippen LogP contribution in [0, 0.1) is 0 Å². The van der Waals surface area contributed by atoms with Crippen molar-refractivity contribution in [3.8, 4) is 0 Å². The molecule has 0 aliphatic rings. The van der Waals surface area contributed by atoms with Crippen LogP contribution in [-0.4, -0.2) is 49.1 Å². The Bertz CT molecular complexity index is 512. The lowest BCUT2D eigenvalue weighted by Gasteiger charge is -2.29. The highest BCUT2D eigenvalue weighted by molar-refractivity contribution is 7.89. The summed E-state index contributed by atoms with van der Waals surface area (Å²) in [6.45, 7) is 4.41. The van der Waals surface area contributed by atoms with Gasteiger partial charge in [-0.25, -0.2) is 13.4 Å². The number of nitrogens with zero attached hydrogens (tertiary/aromatic N) is 2. The van der Waals surface area contributed by atoms with Gasteiger partial charge in [-0.1, -0.05) is 19.9 Å². The molecule has 21 heavy (non-hydrogen) atoms. The summed E-state index contributed by atoms with van der Waals surface area (Å²) in [5, 5.41) is 9.01. The highest BCUT2D eigenvalue weighted by Crippen LogP contribution is 2.20. The summed E-state index contributed by atoms with van der Waals surface area (Å²) in [6.07, 6.45) is 2.84. The molecule has 0 atom stereocenters. The van der Waals surface area contributed by atoms with E-state index in [1.807, 2.05) is 13.8 Å². The van der Waals surface area contributed by atoms with E-state index in [1.165, 1.54) is 16.6 Å². The third kappa shape index (κ3) is 4.47. The van der Waals surface area contributed by atoms with Crippen molar-refractivity contribution in [1.29, 1.82) is 0 Å². The van der Waals surface area contributed by atoms with Crippen LogP contribution in [0.15, 0.2) is 23.4 Å². The number of hydrogen-bond donors (Lipinski definition) is 1. The summed E-state index contributed by atoms with van der Waals surface area (Å²) < 4.78 is 32.0. The molecule has 1 heterocycles. The smallest absolute Gasteiger partial charge is 0.260 e. The molecule has 0 aliphatic carbocycles. The van der Waals surface area contributed by atoms with E-state index in [4.69, 9.17) is 9.84 Å². The fourth-order valence-electron chi connectivity index (χ4n) is 2.15. The minimum atomic E-state index is -3.66. The van der Waals surface area contributed by atoms with Crippen LogP contribution in [-0.2, 0) is 21.4 Å². The predicted octanol–water partition coefficient (Wildman–Crippen LogP) is 1.40. The molecule has 1 rings (SSSR count). The van der Waals surface area contributed by atoms with E-state index < -0.39 is 10.0 Å². The van der Waals surface area contributed by atoms with E-state index in [9.17, 15) is 8.42 Å². The van der Waals surface area contributed by atoms with E-state index in [1.54, 1.807) is 13.2 Å². The highest BCUT2D eigenvalue weighted by Gasteiger charge is 2.30. The zero-order valence-electron chi connectivity index (χ0n) is 12.8. The SMILES string of the molecule is CCC(CC)N(CCOC)S(=O)(=O)c1ccc(CO)cn1. The number of sulfonamides is 1. The Labute approximate surface area is 126 Å². The van der Waals surface area contributed by atoms with Crippen molar-refractivity contribution in [3.05, 3.63) is 23.9 Å². The van der Waals surface area contributed by atoms with E-state index in [0.717, 1.165) is 12.8 Å². The van der Waals surface area contributed by atoms with Crippen molar-refractivity contribution in [1.82, 2.24) is 9.29 Å². The van der Waals surface area contributed by atoms with E-state index in [2.05, 4.69) is 4.98 Å². The van der Waals surface area contributed by atoms with Crippen molar-refractivity contribution in [2.24, 2.45) is 0 Å². The molecule has 6 nitrogen and oxygen atoms in total. The Morgan fingerprint density at radius 2 is 2.00 bits per heavy atom. The Balaban J connectivity index is 3.12. The average molecular weight is 316 g/mol. The van der Waals surface area contributed by atoms with Gasteiger partial charge in [0, 0.05) is 25.9 Å². The van der Waals surface area contributed by atoms with Crippen LogP contribution in [0.3, 0.4) is 0 Å². The third-order valence-electron chi connectivity index (χ3n) is 3.42. The lowest BCUT2D eigenvalue weighted by atomic mass is 10.2. The van der Waals surface area contributed by atoms with Crippen LogP contribution in [0.2, 0.25) is 0 Å². The number of aliphatic hydroxyl groups is 1. The molecule has 1 N–H and O–H groups in total. The molecule has 0 aromatic carbocycles. The van der Waals surface area contributed by atoms with Gasteiger partial charge in [0.2, 0.25) is 0 Å². The highest BCUT2D eigenvalue weighted by atomic mass is 32.2. The van der Waals surface area contributed by atoms with Crippen molar-refractivity contribution in [3.63, 3.8) is 0 Å². The molecule has 120 valence electrons. The maximum Gasteiger partial charge on any atom is 0.260 e. The molecule has 0 saturated heterocycles. The second kappa shape index (κ2) is 8.43. The summed E-state index contributed by atoms with van der Waals surface area (Å²) in [5.74, 6) is 0. The molecule has 0 unspecified atom stereocenters. The molecule has 1 aromatic heterocycles. The summed E-state index contributed by atoms with van der Waals surface area (Å²) in [5.41, 5.74) is 0.583. The largest absolute Gasteiger partial charge is 0.392 e. The molecule has 0 spiro atoms. The van der Waals surface area contributed by atoms with Gasteiger partial charge in [-0.05, 0) is 24.5 Å². The van der Waals surface area contributed by atoms with Crippen LogP contribution < -0.4 is 0 Å². The van der Waals surface area contributed by atoms with Crippen molar-refractivity contribution in [2.75, 3.05) is 20.3 Å². The van der Waals surface area contributed by atoms with Gasteiger partial charge >= 0.3 is 0 Å². The summed E-state index contributed by atoms with van der Waals surface area (Å²) in [7, 11) is -2.11. The Morgan fingerprint density at radius 3 is 2.43 bits per heavy atom. The Kier molecular flexibility index (Phi) is 7.24. The molecular weight excluding hydrogens is 292 g/mol. The van der Waals surface area contributed by atoms with Gasteiger partial charge in [-0.3, -0.25) is 0 Å². The summed E-state index contributed by atoms with van der Waals surface area (Å²) in [6, 6.07) is 2.93. The first-order valence-corrected chi connectivity index (χ1v) is 8.51. The zero-order chi connectivity index (χ0) is 15.9. The van der Waals surface area contributed by atoms with Gasteiger partial charge in [-0.15, -0.1) is 0 Å². The summed E-state index contributed by atoms with van der Waals surface area (Å²) >= 11 is 0. The molecule has 0 saturated carbocycles. The van der Waals surface area contributed by atoms with Gasteiger partial charge in [-0.2, -0.15) is 4.31 Å². The van der Waals surface area contributed by atoms with Crippen LogP contribution >= 0.6 is 0 Å². The molecule has 0 amide bonds. The van der Waals surface area contributed by atoms with Gasteiger partial charge < -0.3 is 9.84 Å². The molecule has 1 aromatic rings. The van der Waals surface area contributed by atoms with Crippen molar-refractivity contribution >= 4 is 10.0 Å². The Morgan fingerprint density at radius 1 is 1.33 bits per heavy atom. The fraction of sp³-hybridized carbons (Fsp3) is 0.643. The minimum absolute atomic E-state index is 0.00250. The molecule has 7 heteroatoms. The standard InChI is InChI=1S/C14H24N2O4S/c1-4-13(5-2)16(8-9-20-3)21(18,19)14-7-6-12(11-17)10-15-14/h6-7,10,13,17H,4-5,8-9,11H2,1-3H3. The normalized spacial score (nSPS) is 12.3. The van der Waals surface area contributed by atoms with Crippen LogP contribution in [0.25, 0.3) is 0 Å². The number of pyridine rings is 1. The van der Waals surface area contributed by atoms with E-state index in [0.29, 0.717) is 18.7 Å².